The second-order valence-corrected chi connectivity index (χ2v) is 9.08. The number of primary sulfonamides is 1. The molecule has 1 aromatic heterocycles. The second kappa shape index (κ2) is 6.81. The summed E-state index contributed by atoms with van der Waals surface area (Å²) in [4.78, 5) is 4.25. The van der Waals surface area contributed by atoms with Crippen molar-refractivity contribution in [2.75, 3.05) is 0 Å². The molecule has 152 valence electrons. The van der Waals surface area contributed by atoms with Crippen LogP contribution < -0.4 is 5.14 Å². The van der Waals surface area contributed by atoms with Gasteiger partial charge in [-0.05, 0) is 59.9 Å². The first-order valence-electron chi connectivity index (χ1n) is 9.20. The Kier molecular flexibility index (Phi) is 4.66. The van der Waals surface area contributed by atoms with Gasteiger partial charge < -0.3 is 0 Å². The maximum absolute atomic E-state index is 12.9. The fraction of sp³-hybridized carbons (Fsp3) is 0.286. The molecule has 4 rings (SSSR count). The lowest BCUT2D eigenvalue weighted by molar-refractivity contribution is -0.137. The average Bonchev–Trinajstić information content (AvgIpc) is 3.28. The number of halogens is 3. The van der Waals surface area contributed by atoms with Crippen LogP contribution >= 0.6 is 0 Å². The first-order chi connectivity index (χ1) is 13.6. The second-order valence-electron chi connectivity index (χ2n) is 7.52. The molecule has 0 unspecified atom stereocenters. The lowest BCUT2D eigenvalue weighted by Crippen LogP contribution is -2.15. The van der Waals surface area contributed by atoms with E-state index < -0.39 is 21.8 Å². The van der Waals surface area contributed by atoms with Gasteiger partial charge in [0.1, 0.15) is 4.90 Å². The number of rotatable bonds is 3. The van der Waals surface area contributed by atoms with Gasteiger partial charge in [-0.3, -0.25) is 4.98 Å². The standard InChI is InChI=1S/C21H19F3N2O2S/c22-21(23,24)16-5-3-14(4-6-16)15-11-18(20(12-15)9-1-2-10-20)19-8-7-17(13-26-19)29(25,27)28/h3-8,11-13H,1-2,9-10H2,(H2,25,27,28). The Labute approximate surface area is 167 Å². The molecule has 0 aliphatic heterocycles. The number of hydrogen-bond acceptors (Lipinski definition) is 3. The van der Waals surface area contributed by atoms with Crippen LogP contribution in [0.5, 0.6) is 0 Å². The van der Waals surface area contributed by atoms with Crippen molar-refractivity contribution in [2.45, 2.75) is 36.8 Å². The van der Waals surface area contributed by atoms with Crippen molar-refractivity contribution in [2.24, 2.45) is 10.6 Å². The van der Waals surface area contributed by atoms with Crippen molar-refractivity contribution >= 4 is 21.2 Å². The first kappa shape index (κ1) is 19.8. The van der Waals surface area contributed by atoms with Gasteiger partial charge in [0.05, 0.1) is 11.3 Å². The summed E-state index contributed by atoms with van der Waals surface area (Å²) in [6.07, 6.45) is 4.87. The summed E-state index contributed by atoms with van der Waals surface area (Å²) in [7, 11) is -3.83. The van der Waals surface area contributed by atoms with E-state index in [0.29, 0.717) is 11.3 Å². The molecule has 2 aliphatic rings. The summed E-state index contributed by atoms with van der Waals surface area (Å²) < 4.78 is 61.5. The highest BCUT2D eigenvalue weighted by molar-refractivity contribution is 7.89. The van der Waals surface area contributed by atoms with Crippen LogP contribution in [0.25, 0.3) is 11.1 Å². The molecule has 2 N–H and O–H groups in total. The van der Waals surface area contributed by atoms with Gasteiger partial charge in [0.15, 0.2) is 0 Å². The third-order valence-electron chi connectivity index (χ3n) is 5.65. The van der Waals surface area contributed by atoms with Gasteiger partial charge in [0, 0.05) is 11.6 Å². The Morgan fingerprint density at radius 2 is 1.66 bits per heavy atom. The largest absolute Gasteiger partial charge is 0.416 e. The van der Waals surface area contributed by atoms with Crippen molar-refractivity contribution in [1.29, 1.82) is 0 Å². The summed E-state index contributed by atoms with van der Waals surface area (Å²) in [5.74, 6) is 0. The van der Waals surface area contributed by atoms with Gasteiger partial charge in [0.2, 0.25) is 10.0 Å². The number of hydrogen-bond donors (Lipinski definition) is 1. The predicted molar refractivity (Wildman–Crippen MR) is 104 cm³/mol. The normalized spacial score (nSPS) is 18.8. The van der Waals surface area contributed by atoms with Crippen LogP contribution in [0, 0.1) is 5.41 Å². The summed E-state index contributed by atoms with van der Waals surface area (Å²) in [6.45, 7) is 0. The van der Waals surface area contributed by atoms with Crippen molar-refractivity contribution < 1.29 is 21.6 Å². The molecule has 2 aliphatic carbocycles. The molecule has 2 aromatic rings. The van der Waals surface area contributed by atoms with E-state index in [-0.39, 0.29) is 10.3 Å². The molecule has 0 bridgehead atoms. The van der Waals surface area contributed by atoms with Crippen LogP contribution in [0.3, 0.4) is 0 Å². The number of allylic oxidation sites excluding steroid dienone is 4. The van der Waals surface area contributed by atoms with E-state index in [1.807, 2.05) is 6.08 Å². The van der Waals surface area contributed by atoms with Crippen molar-refractivity contribution in [3.63, 3.8) is 0 Å². The Morgan fingerprint density at radius 1 is 1.00 bits per heavy atom. The molecular formula is C21H19F3N2O2S. The molecule has 1 heterocycles. The SMILES string of the molecule is NS(=O)(=O)c1ccc(C2=CC(c3ccc(C(F)(F)F)cc3)=CC23CCCC3)nc1. The third-order valence-corrected chi connectivity index (χ3v) is 6.55. The van der Waals surface area contributed by atoms with Gasteiger partial charge in [-0.25, -0.2) is 13.6 Å². The van der Waals surface area contributed by atoms with E-state index in [4.69, 9.17) is 5.14 Å². The Morgan fingerprint density at radius 3 is 2.17 bits per heavy atom. The molecule has 0 atom stereocenters. The van der Waals surface area contributed by atoms with Gasteiger partial charge in [0.25, 0.3) is 0 Å². The van der Waals surface area contributed by atoms with Crippen LogP contribution in [-0.4, -0.2) is 13.4 Å². The summed E-state index contributed by atoms with van der Waals surface area (Å²) >= 11 is 0. The third kappa shape index (κ3) is 3.74. The van der Waals surface area contributed by atoms with Gasteiger partial charge in [-0.15, -0.1) is 0 Å². The highest BCUT2D eigenvalue weighted by atomic mass is 32.2. The highest BCUT2D eigenvalue weighted by Gasteiger charge is 2.40. The van der Waals surface area contributed by atoms with Crippen molar-refractivity contribution in [1.82, 2.24) is 4.98 Å². The Hall–Kier alpha value is -2.45. The number of pyridine rings is 1. The lowest BCUT2D eigenvalue weighted by atomic mass is 9.79. The number of aromatic nitrogens is 1. The summed E-state index contributed by atoms with van der Waals surface area (Å²) in [6, 6.07) is 8.19. The van der Waals surface area contributed by atoms with Crippen LogP contribution in [0.1, 0.15) is 42.5 Å². The number of sulfonamides is 1. The molecule has 1 fully saturated rings. The van der Waals surface area contributed by atoms with E-state index in [9.17, 15) is 21.6 Å². The monoisotopic (exact) mass is 420 g/mol. The van der Waals surface area contributed by atoms with Gasteiger partial charge in [-0.1, -0.05) is 31.1 Å². The number of nitrogens with two attached hydrogens (primary N) is 1. The maximum Gasteiger partial charge on any atom is 0.416 e. The molecule has 8 heteroatoms. The summed E-state index contributed by atoms with van der Waals surface area (Å²) in [5, 5.41) is 5.14. The van der Waals surface area contributed by atoms with Gasteiger partial charge in [-0.2, -0.15) is 13.2 Å². The summed E-state index contributed by atoms with van der Waals surface area (Å²) in [5.41, 5.74) is 2.27. The molecule has 4 nitrogen and oxygen atoms in total. The van der Waals surface area contributed by atoms with Crippen LogP contribution in [0.15, 0.2) is 59.6 Å². The molecular weight excluding hydrogens is 401 g/mol. The Bertz CT molecular complexity index is 1090. The molecule has 1 aromatic carbocycles. The zero-order valence-corrected chi connectivity index (χ0v) is 16.2. The fourth-order valence-corrected chi connectivity index (χ4v) is 4.65. The van der Waals surface area contributed by atoms with E-state index in [2.05, 4.69) is 11.1 Å². The van der Waals surface area contributed by atoms with Gasteiger partial charge >= 0.3 is 6.18 Å². The molecule has 0 saturated heterocycles. The van der Waals surface area contributed by atoms with E-state index in [0.717, 1.165) is 49.0 Å². The maximum atomic E-state index is 12.9. The fourth-order valence-electron chi connectivity index (χ4n) is 4.19. The molecule has 0 amide bonds. The van der Waals surface area contributed by atoms with E-state index >= 15 is 0 Å². The minimum atomic E-state index is -4.37. The van der Waals surface area contributed by atoms with Crippen LogP contribution in [-0.2, 0) is 16.2 Å². The molecule has 1 saturated carbocycles. The van der Waals surface area contributed by atoms with E-state index in [1.54, 1.807) is 6.07 Å². The lowest BCUT2D eigenvalue weighted by Gasteiger charge is -2.25. The van der Waals surface area contributed by atoms with Crippen LogP contribution in [0.4, 0.5) is 13.2 Å². The zero-order chi connectivity index (χ0) is 20.9. The predicted octanol–water partition coefficient (Wildman–Crippen LogP) is 4.79. The minimum Gasteiger partial charge on any atom is -0.255 e. The topological polar surface area (TPSA) is 73.1 Å². The molecule has 29 heavy (non-hydrogen) atoms. The van der Waals surface area contributed by atoms with Crippen molar-refractivity contribution in [3.8, 4) is 0 Å². The highest BCUT2D eigenvalue weighted by Crippen LogP contribution is 2.54. The average molecular weight is 420 g/mol. The smallest absolute Gasteiger partial charge is 0.255 e. The van der Waals surface area contributed by atoms with Crippen LogP contribution in [0.2, 0.25) is 0 Å². The zero-order valence-electron chi connectivity index (χ0n) is 15.4. The first-order valence-corrected chi connectivity index (χ1v) is 10.8. The van der Waals surface area contributed by atoms with E-state index in [1.165, 1.54) is 24.4 Å². The Balaban J connectivity index is 1.72. The van der Waals surface area contributed by atoms with Crippen molar-refractivity contribution in [3.05, 3.63) is 71.6 Å². The quantitative estimate of drug-likeness (QED) is 0.776. The molecule has 1 spiro atoms. The number of nitrogens with zero attached hydrogens (tertiary/aromatic N) is 1. The molecule has 0 radical (unpaired) electrons. The number of benzene rings is 1. The minimum absolute atomic E-state index is 0.0590. The number of alkyl halides is 3.